The van der Waals surface area contributed by atoms with Gasteiger partial charge in [0.2, 0.25) is 0 Å². The lowest BCUT2D eigenvalue weighted by Crippen LogP contribution is -2.20. The summed E-state index contributed by atoms with van der Waals surface area (Å²) in [5, 5.41) is 0. The van der Waals surface area contributed by atoms with Gasteiger partial charge in [0.25, 0.3) is 0 Å². The number of ether oxygens (including phenoxy) is 2. The highest BCUT2D eigenvalue weighted by molar-refractivity contribution is 6.09. The van der Waals surface area contributed by atoms with Crippen molar-refractivity contribution in [1.29, 1.82) is 0 Å². The molecule has 0 amide bonds. The number of likely N-dealkylation sites (N-methyl/N-ethyl adjacent to an activating group) is 1. The number of carbonyl (C=O) groups excluding carboxylic acids is 1. The quantitative estimate of drug-likeness (QED) is 0.250. The van der Waals surface area contributed by atoms with Gasteiger partial charge in [-0.15, -0.1) is 0 Å². The molecular weight excluding hydrogens is 448 g/mol. The molecule has 0 unspecified atom stereocenters. The first-order chi connectivity index (χ1) is 17.2. The lowest BCUT2D eigenvalue weighted by atomic mass is 9.97. The van der Waals surface area contributed by atoms with Crippen molar-refractivity contribution in [2.75, 3.05) is 48.5 Å². The molecule has 0 aromatic heterocycles. The normalized spacial score (nSPS) is 11.5. The standard InChI is InChI=1S/C31H38N2O3/c1-22-16-23(2)18-26(17-22)25-10-13-31(36-15-14-32(3)4)28(20-25)29(34)11-8-24-9-12-30(35-7)27(19-24)21-33(5)6/h8-13,16-20H,14-15,21H2,1-7H3. The van der Waals surface area contributed by atoms with Crippen LogP contribution in [0.5, 0.6) is 11.5 Å². The van der Waals surface area contributed by atoms with Crippen molar-refractivity contribution >= 4 is 11.9 Å². The van der Waals surface area contributed by atoms with E-state index in [0.29, 0.717) is 17.9 Å². The average molecular weight is 487 g/mol. The molecule has 0 N–H and O–H groups in total. The number of methoxy groups -OCH3 is 1. The Hall–Kier alpha value is -3.41. The highest BCUT2D eigenvalue weighted by atomic mass is 16.5. The Kier molecular flexibility index (Phi) is 9.45. The second kappa shape index (κ2) is 12.5. The van der Waals surface area contributed by atoms with E-state index in [9.17, 15) is 4.79 Å². The molecule has 0 atom stereocenters. The van der Waals surface area contributed by atoms with Gasteiger partial charge in [-0.25, -0.2) is 0 Å². The van der Waals surface area contributed by atoms with E-state index in [1.165, 1.54) is 11.1 Å². The summed E-state index contributed by atoms with van der Waals surface area (Å²) in [5.41, 5.74) is 7.05. The van der Waals surface area contributed by atoms with Gasteiger partial charge in [0, 0.05) is 18.7 Å². The van der Waals surface area contributed by atoms with Crippen molar-refractivity contribution in [1.82, 2.24) is 9.80 Å². The minimum absolute atomic E-state index is 0.0916. The molecule has 0 bridgehead atoms. The molecule has 0 spiro atoms. The Balaban J connectivity index is 1.94. The van der Waals surface area contributed by atoms with E-state index in [-0.39, 0.29) is 5.78 Å². The number of carbonyl (C=O) groups is 1. The third-order valence-corrected chi connectivity index (χ3v) is 5.81. The Morgan fingerprint density at radius 2 is 1.53 bits per heavy atom. The van der Waals surface area contributed by atoms with Crippen LogP contribution in [0.15, 0.2) is 60.7 Å². The van der Waals surface area contributed by atoms with Gasteiger partial charge in [0.15, 0.2) is 5.78 Å². The molecule has 0 fully saturated rings. The van der Waals surface area contributed by atoms with Gasteiger partial charge in [0.05, 0.1) is 12.7 Å². The third-order valence-electron chi connectivity index (χ3n) is 5.81. The molecule has 0 aliphatic carbocycles. The van der Waals surface area contributed by atoms with E-state index in [1.807, 2.05) is 64.6 Å². The number of nitrogens with zero attached hydrogens (tertiary/aromatic N) is 2. The smallest absolute Gasteiger partial charge is 0.189 e. The zero-order valence-corrected chi connectivity index (χ0v) is 22.6. The van der Waals surface area contributed by atoms with Gasteiger partial charge in [-0.05, 0) is 89.1 Å². The van der Waals surface area contributed by atoms with Crippen LogP contribution >= 0.6 is 0 Å². The van der Waals surface area contributed by atoms with Gasteiger partial charge in [-0.3, -0.25) is 4.79 Å². The fraction of sp³-hybridized carbons (Fsp3) is 0.323. The molecule has 0 aliphatic heterocycles. The monoisotopic (exact) mass is 486 g/mol. The molecule has 0 radical (unpaired) electrons. The van der Waals surface area contributed by atoms with E-state index in [1.54, 1.807) is 13.2 Å². The van der Waals surface area contributed by atoms with Crippen molar-refractivity contribution in [3.05, 3.63) is 88.5 Å². The van der Waals surface area contributed by atoms with E-state index in [2.05, 4.69) is 47.9 Å². The average Bonchev–Trinajstić information content (AvgIpc) is 2.81. The largest absolute Gasteiger partial charge is 0.496 e. The summed E-state index contributed by atoms with van der Waals surface area (Å²) in [5.74, 6) is 1.35. The first kappa shape index (κ1) is 27.2. The molecule has 190 valence electrons. The number of hydrogen-bond donors (Lipinski definition) is 0. The molecule has 0 heterocycles. The second-order valence-electron chi connectivity index (χ2n) is 9.75. The van der Waals surface area contributed by atoms with E-state index >= 15 is 0 Å². The summed E-state index contributed by atoms with van der Waals surface area (Å²) in [6.07, 6.45) is 3.48. The van der Waals surface area contributed by atoms with Gasteiger partial charge >= 0.3 is 0 Å². The van der Waals surface area contributed by atoms with Crippen LogP contribution in [0.2, 0.25) is 0 Å². The molecule has 36 heavy (non-hydrogen) atoms. The van der Waals surface area contributed by atoms with Crippen molar-refractivity contribution in [3.63, 3.8) is 0 Å². The Labute approximate surface area is 216 Å². The fourth-order valence-corrected chi connectivity index (χ4v) is 4.14. The maximum atomic E-state index is 13.4. The summed E-state index contributed by atoms with van der Waals surface area (Å²) >= 11 is 0. The molecular formula is C31H38N2O3. The van der Waals surface area contributed by atoms with Crippen LogP contribution < -0.4 is 9.47 Å². The number of hydrogen-bond acceptors (Lipinski definition) is 5. The maximum absolute atomic E-state index is 13.4. The van der Waals surface area contributed by atoms with Crippen LogP contribution in [0.4, 0.5) is 0 Å². The van der Waals surface area contributed by atoms with Crippen molar-refractivity contribution in [2.24, 2.45) is 0 Å². The van der Waals surface area contributed by atoms with Crippen LogP contribution in [-0.2, 0) is 6.54 Å². The van der Waals surface area contributed by atoms with Gasteiger partial charge in [-0.1, -0.05) is 47.5 Å². The van der Waals surface area contributed by atoms with Crippen LogP contribution in [0.25, 0.3) is 17.2 Å². The molecule has 3 aromatic carbocycles. The summed E-state index contributed by atoms with van der Waals surface area (Å²) in [6.45, 7) is 6.20. The molecule has 5 nitrogen and oxygen atoms in total. The van der Waals surface area contributed by atoms with Crippen LogP contribution in [0, 0.1) is 13.8 Å². The Morgan fingerprint density at radius 3 is 2.17 bits per heavy atom. The molecule has 3 rings (SSSR count). The Morgan fingerprint density at radius 1 is 0.833 bits per heavy atom. The van der Waals surface area contributed by atoms with E-state index < -0.39 is 0 Å². The highest BCUT2D eigenvalue weighted by Crippen LogP contribution is 2.29. The van der Waals surface area contributed by atoms with Crippen LogP contribution in [-0.4, -0.2) is 64.0 Å². The first-order valence-electron chi connectivity index (χ1n) is 12.2. The zero-order chi connectivity index (χ0) is 26.2. The predicted octanol–water partition coefficient (Wildman–Crippen LogP) is 5.88. The lowest BCUT2D eigenvalue weighted by Gasteiger charge is -2.15. The zero-order valence-electron chi connectivity index (χ0n) is 22.6. The minimum Gasteiger partial charge on any atom is -0.496 e. The molecule has 0 aliphatic rings. The fourth-order valence-electron chi connectivity index (χ4n) is 4.14. The second-order valence-corrected chi connectivity index (χ2v) is 9.75. The number of aryl methyl sites for hydroxylation is 2. The summed E-state index contributed by atoms with van der Waals surface area (Å²) in [7, 11) is 9.72. The lowest BCUT2D eigenvalue weighted by molar-refractivity contribution is 0.104. The van der Waals surface area contributed by atoms with Gasteiger partial charge in [-0.2, -0.15) is 0 Å². The minimum atomic E-state index is -0.0916. The SMILES string of the molecule is COc1ccc(C=CC(=O)c2cc(-c3cc(C)cc(C)c3)ccc2OCCN(C)C)cc1CN(C)C. The van der Waals surface area contributed by atoms with E-state index in [4.69, 9.17) is 9.47 Å². The van der Waals surface area contributed by atoms with Gasteiger partial charge < -0.3 is 19.3 Å². The van der Waals surface area contributed by atoms with Gasteiger partial charge in [0.1, 0.15) is 18.1 Å². The number of allylic oxidation sites excluding steroid dienone is 1. The molecule has 0 saturated heterocycles. The third kappa shape index (κ3) is 7.54. The van der Waals surface area contributed by atoms with Crippen molar-refractivity contribution < 1.29 is 14.3 Å². The van der Waals surface area contributed by atoms with Crippen molar-refractivity contribution in [3.8, 4) is 22.6 Å². The molecule has 0 saturated carbocycles. The van der Waals surface area contributed by atoms with Crippen LogP contribution in [0.1, 0.15) is 32.6 Å². The van der Waals surface area contributed by atoms with Crippen LogP contribution in [0.3, 0.4) is 0 Å². The summed E-state index contributed by atoms with van der Waals surface area (Å²) in [4.78, 5) is 17.6. The topological polar surface area (TPSA) is 42.0 Å². The number of rotatable bonds is 11. The predicted molar refractivity (Wildman–Crippen MR) is 149 cm³/mol. The summed E-state index contributed by atoms with van der Waals surface area (Å²) in [6, 6.07) is 18.3. The molecule has 3 aromatic rings. The van der Waals surface area contributed by atoms with Crippen molar-refractivity contribution in [2.45, 2.75) is 20.4 Å². The highest BCUT2D eigenvalue weighted by Gasteiger charge is 2.14. The number of ketones is 1. The Bertz CT molecular complexity index is 1210. The number of benzene rings is 3. The molecule has 5 heteroatoms. The summed E-state index contributed by atoms with van der Waals surface area (Å²) < 4.78 is 11.5. The maximum Gasteiger partial charge on any atom is 0.189 e. The first-order valence-corrected chi connectivity index (χ1v) is 12.2. The van der Waals surface area contributed by atoms with E-state index in [0.717, 1.165) is 41.1 Å².